The number of hydrogen-bond donors (Lipinski definition) is 2. The van der Waals surface area contributed by atoms with Gasteiger partial charge in [-0.15, -0.1) is 0 Å². The van der Waals surface area contributed by atoms with Crippen LogP contribution >= 0.6 is 11.6 Å². The summed E-state index contributed by atoms with van der Waals surface area (Å²) in [4.78, 5) is 3.27. The second kappa shape index (κ2) is 6.61. The number of rotatable bonds is 7. The number of nitrogens with one attached hydrogen (secondary N) is 2. The minimum absolute atomic E-state index is 0.241. The standard InChI is InChI=1S/C16H23ClN2O/c1-16(2,6-7-20-3)11-18-9-12-10-19-15-8-13(17)4-5-14(12)15/h4-5,8,10,18-19H,6-7,9,11H2,1-3H3. The fourth-order valence-electron chi connectivity index (χ4n) is 2.31. The van der Waals surface area contributed by atoms with Crippen molar-refractivity contribution in [2.75, 3.05) is 20.3 Å². The molecule has 2 rings (SSSR count). The highest BCUT2D eigenvalue weighted by Crippen LogP contribution is 2.23. The molecule has 20 heavy (non-hydrogen) atoms. The fourth-order valence-corrected chi connectivity index (χ4v) is 2.48. The van der Waals surface area contributed by atoms with Crippen LogP contribution in [0.5, 0.6) is 0 Å². The van der Waals surface area contributed by atoms with Crippen molar-refractivity contribution >= 4 is 22.5 Å². The first-order valence-electron chi connectivity index (χ1n) is 6.97. The molecule has 0 saturated carbocycles. The first-order chi connectivity index (χ1) is 9.52. The van der Waals surface area contributed by atoms with E-state index >= 15 is 0 Å². The SMILES string of the molecule is COCCC(C)(C)CNCc1c[nH]c2cc(Cl)ccc12. The maximum absolute atomic E-state index is 5.99. The lowest BCUT2D eigenvalue weighted by Crippen LogP contribution is -2.30. The highest BCUT2D eigenvalue weighted by molar-refractivity contribution is 6.31. The Morgan fingerprint density at radius 2 is 2.15 bits per heavy atom. The molecule has 1 aromatic carbocycles. The number of aromatic amines is 1. The molecule has 0 unspecified atom stereocenters. The van der Waals surface area contributed by atoms with Crippen molar-refractivity contribution < 1.29 is 4.74 Å². The van der Waals surface area contributed by atoms with Gasteiger partial charge in [-0.1, -0.05) is 31.5 Å². The number of benzene rings is 1. The summed E-state index contributed by atoms with van der Waals surface area (Å²) < 4.78 is 5.15. The topological polar surface area (TPSA) is 37.0 Å². The van der Waals surface area contributed by atoms with Gasteiger partial charge in [0.2, 0.25) is 0 Å². The third-order valence-corrected chi connectivity index (χ3v) is 3.87. The van der Waals surface area contributed by atoms with E-state index in [0.29, 0.717) is 0 Å². The molecule has 0 amide bonds. The van der Waals surface area contributed by atoms with Crippen LogP contribution in [-0.4, -0.2) is 25.2 Å². The van der Waals surface area contributed by atoms with Gasteiger partial charge in [-0.25, -0.2) is 0 Å². The van der Waals surface area contributed by atoms with Crippen molar-refractivity contribution in [3.05, 3.63) is 35.0 Å². The van der Waals surface area contributed by atoms with E-state index in [4.69, 9.17) is 16.3 Å². The lowest BCUT2D eigenvalue weighted by Gasteiger charge is -2.24. The van der Waals surface area contributed by atoms with Gasteiger partial charge in [0, 0.05) is 48.9 Å². The van der Waals surface area contributed by atoms with E-state index in [9.17, 15) is 0 Å². The van der Waals surface area contributed by atoms with Gasteiger partial charge in [0.25, 0.3) is 0 Å². The molecule has 0 fully saturated rings. The summed E-state index contributed by atoms with van der Waals surface area (Å²) in [6.45, 7) is 7.15. The van der Waals surface area contributed by atoms with Crippen LogP contribution in [0.2, 0.25) is 5.02 Å². The zero-order chi connectivity index (χ0) is 14.6. The molecule has 2 N–H and O–H groups in total. The van der Waals surface area contributed by atoms with Crippen LogP contribution in [0.4, 0.5) is 0 Å². The smallest absolute Gasteiger partial charge is 0.0472 e. The third kappa shape index (κ3) is 3.98. The summed E-state index contributed by atoms with van der Waals surface area (Å²) in [6.07, 6.45) is 3.11. The Labute approximate surface area is 125 Å². The van der Waals surface area contributed by atoms with Gasteiger partial charge in [-0.3, -0.25) is 0 Å². The van der Waals surface area contributed by atoms with Crippen LogP contribution in [0.25, 0.3) is 10.9 Å². The minimum atomic E-state index is 0.241. The van der Waals surface area contributed by atoms with Crippen LogP contribution in [0.1, 0.15) is 25.8 Å². The maximum atomic E-state index is 5.99. The monoisotopic (exact) mass is 294 g/mol. The predicted octanol–water partition coefficient (Wildman–Crippen LogP) is 3.97. The van der Waals surface area contributed by atoms with Crippen LogP contribution in [0.15, 0.2) is 24.4 Å². The number of ether oxygens (including phenoxy) is 1. The van der Waals surface area contributed by atoms with Crippen molar-refractivity contribution in [2.24, 2.45) is 5.41 Å². The van der Waals surface area contributed by atoms with Gasteiger partial charge < -0.3 is 15.0 Å². The molecule has 1 aromatic heterocycles. The van der Waals surface area contributed by atoms with E-state index in [2.05, 4.69) is 36.4 Å². The van der Waals surface area contributed by atoms with Gasteiger partial charge in [0.1, 0.15) is 0 Å². The van der Waals surface area contributed by atoms with E-state index in [-0.39, 0.29) is 5.41 Å². The van der Waals surface area contributed by atoms with Gasteiger partial charge in [0.05, 0.1) is 0 Å². The van der Waals surface area contributed by atoms with Crippen molar-refractivity contribution in [3.63, 3.8) is 0 Å². The van der Waals surface area contributed by atoms with E-state index in [1.54, 1.807) is 7.11 Å². The van der Waals surface area contributed by atoms with E-state index < -0.39 is 0 Å². The highest BCUT2D eigenvalue weighted by atomic mass is 35.5. The summed E-state index contributed by atoms with van der Waals surface area (Å²) in [5.41, 5.74) is 2.61. The van der Waals surface area contributed by atoms with Crippen molar-refractivity contribution in [3.8, 4) is 0 Å². The zero-order valence-electron chi connectivity index (χ0n) is 12.4. The van der Waals surface area contributed by atoms with E-state index in [0.717, 1.165) is 36.7 Å². The molecule has 0 spiro atoms. The average molecular weight is 295 g/mol. The second-order valence-electron chi connectivity index (χ2n) is 6.01. The quantitative estimate of drug-likeness (QED) is 0.810. The molecule has 0 radical (unpaired) electrons. The number of fused-ring (bicyclic) bond motifs is 1. The Balaban J connectivity index is 1.93. The molecule has 3 nitrogen and oxygen atoms in total. The second-order valence-corrected chi connectivity index (χ2v) is 6.45. The molecule has 4 heteroatoms. The lowest BCUT2D eigenvalue weighted by molar-refractivity contribution is 0.150. The molecule has 0 saturated heterocycles. The number of hydrogen-bond acceptors (Lipinski definition) is 2. The number of H-pyrrole nitrogens is 1. The van der Waals surface area contributed by atoms with Gasteiger partial charge >= 0.3 is 0 Å². The summed E-state index contributed by atoms with van der Waals surface area (Å²) >= 11 is 5.99. The predicted molar refractivity (Wildman–Crippen MR) is 85.3 cm³/mol. The number of halogens is 1. The van der Waals surface area contributed by atoms with Gasteiger partial charge in [0.15, 0.2) is 0 Å². The van der Waals surface area contributed by atoms with E-state index in [1.807, 2.05) is 12.1 Å². The van der Waals surface area contributed by atoms with Crippen molar-refractivity contribution in [2.45, 2.75) is 26.8 Å². The average Bonchev–Trinajstić information content (AvgIpc) is 2.79. The normalized spacial score (nSPS) is 12.2. The molecule has 110 valence electrons. The molecule has 0 aliphatic carbocycles. The molecule has 2 aromatic rings. The first-order valence-corrected chi connectivity index (χ1v) is 7.35. The summed E-state index contributed by atoms with van der Waals surface area (Å²) in [5, 5.41) is 5.53. The van der Waals surface area contributed by atoms with E-state index in [1.165, 1.54) is 10.9 Å². The minimum Gasteiger partial charge on any atom is -0.385 e. The van der Waals surface area contributed by atoms with Crippen LogP contribution in [0.3, 0.4) is 0 Å². The van der Waals surface area contributed by atoms with Crippen LogP contribution < -0.4 is 5.32 Å². The van der Waals surface area contributed by atoms with Crippen LogP contribution in [0, 0.1) is 5.41 Å². The molecule has 0 atom stereocenters. The largest absolute Gasteiger partial charge is 0.385 e. The molecule has 0 bridgehead atoms. The Morgan fingerprint density at radius 1 is 1.35 bits per heavy atom. The molecular weight excluding hydrogens is 272 g/mol. The lowest BCUT2D eigenvalue weighted by atomic mass is 9.89. The molecule has 0 aliphatic heterocycles. The number of methoxy groups -OCH3 is 1. The van der Waals surface area contributed by atoms with Gasteiger partial charge in [-0.05, 0) is 29.5 Å². The molecular formula is C16H23ClN2O. The Bertz CT molecular complexity index is 563. The Morgan fingerprint density at radius 3 is 2.90 bits per heavy atom. The fraction of sp³-hybridized carbons (Fsp3) is 0.500. The first kappa shape index (κ1) is 15.4. The van der Waals surface area contributed by atoms with Gasteiger partial charge in [-0.2, -0.15) is 0 Å². The highest BCUT2D eigenvalue weighted by Gasteiger charge is 2.17. The van der Waals surface area contributed by atoms with Crippen LogP contribution in [-0.2, 0) is 11.3 Å². The Hall–Kier alpha value is -1.03. The number of aromatic nitrogens is 1. The summed E-state index contributed by atoms with van der Waals surface area (Å²) in [7, 11) is 1.75. The maximum Gasteiger partial charge on any atom is 0.0472 e. The summed E-state index contributed by atoms with van der Waals surface area (Å²) in [6, 6.07) is 5.97. The summed E-state index contributed by atoms with van der Waals surface area (Å²) in [5.74, 6) is 0. The van der Waals surface area contributed by atoms with Crippen molar-refractivity contribution in [1.29, 1.82) is 0 Å². The molecule has 0 aliphatic rings. The zero-order valence-corrected chi connectivity index (χ0v) is 13.2. The Kier molecular flexibility index (Phi) is 5.08. The third-order valence-electron chi connectivity index (χ3n) is 3.63. The molecule has 1 heterocycles. The van der Waals surface area contributed by atoms with Crippen molar-refractivity contribution in [1.82, 2.24) is 10.3 Å².